The molecule has 0 heterocycles. The molecule has 0 fully saturated rings. The van der Waals surface area contributed by atoms with Crippen LogP contribution in [0.1, 0.15) is 30.6 Å². The van der Waals surface area contributed by atoms with Crippen LogP contribution in [0.5, 0.6) is 0 Å². The average Bonchev–Trinajstić information content (AvgIpc) is 2.58. The van der Waals surface area contributed by atoms with Crippen molar-refractivity contribution in [3.8, 4) is 6.07 Å². The Kier molecular flexibility index (Phi) is 7.54. The molecule has 0 radical (unpaired) electrons. The number of carbonyl (C=O) groups is 2. The molecule has 1 rings (SSSR count). The third kappa shape index (κ3) is 5.85. The summed E-state index contributed by atoms with van der Waals surface area (Å²) in [6.07, 6.45) is -0.827. The van der Waals surface area contributed by atoms with E-state index in [2.05, 4.69) is 4.72 Å². The Hall–Kier alpha value is -2.44. The SMILES string of the molecule is CCNS(=O)(=O)c1ccc(C(=O)O[C@@H](C)C(=O)N(C)CCC#N)cc1. The van der Waals surface area contributed by atoms with Crippen LogP contribution in [0.25, 0.3) is 0 Å². The van der Waals surface area contributed by atoms with Gasteiger partial charge in [-0.1, -0.05) is 6.92 Å². The Morgan fingerprint density at radius 3 is 2.44 bits per heavy atom. The summed E-state index contributed by atoms with van der Waals surface area (Å²) < 4.78 is 31.1. The molecule has 0 unspecified atom stereocenters. The molecule has 1 amide bonds. The predicted molar refractivity (Wildman–Crippen MR) is 90.0 cm³/mol. The van der Waals surface area contributed by atoms with E-state index in [4.69, 9.17) is 10.00 Å². The highest BCUT2D eigenvalue weighted by Crippen LogP contribution is 2.12. The van der Waals surface area contributed by atoms with Gasteiger partial charge in [-0.25, -0.2) is 17.9 Å². The van der Waals surface area contributed by atoms with E-state index in [1.165, 1.54) is 43.1 Å². The minimum atomic E-state index is -3.60. The molecule has 1 aromatic rings. The number of nitriles is 1. The third-order valence-corrected chi connectivity index (χ3v) is 4.86. The van der Waals surface area contributed by atoms with Crippen LogP contribution in [-0.4, -0.2) is 51.4 Å². The first-order chi connectivity index (χ1) is 11.7. The molecule has 1 N–H and O–H groups in total. The summed E-state index contributed by atoms with van der Waals surface area (Å²) in [6, 6.07) is 7.16. The van der Waals surface area contributed by atoms with Crippen LogP contribution in [0.3, 0.4) is 0 Å². The molecule has 1 atom stereocenters. The van der Waals surface area contributed by atoms with E-state index in [9.17, 15) is 18.0 Å². The molecule has 0 aromatic heterocycles. The van der Waals surface area contributed by atoms with Crippen LogP contribution in [0.2, 0.25) is 0 Å². The van der Waals surface area contributed by atoms with Gasteiger partial charge in [-0.3, -0.25) is 4.79 Å². The second kappa shape index (κ2) is 9.15. The fraction of sp³-hybridized carbons (Fsp3) is 0.438. The van der Waals surface area contributed by atoms with Gasteiger partial charge in [0.05, 0.1) is 22.9 Å². The number of hydrogen-bond donors (Lipinski definition) is 1. The lowest BCUT2D eigenvalue weighted by Crippen LogP contribution is -2.37. The third-order valence-electron chi connectivity index (χ3n) is 3.30. The van der Waals surface area contributed by atoms with Crippen LogP contribution >= 0.6 is 0 Å². The summed E-state index contributed by atoms with van der Waals surface area (Å²) in [6.45, 7) is 3.60. The van der Waals surface area contributed by atoms with Crippen molar-refractivity contribution < 1.29 is 22.7 Å². The first-order valence-electron chi connectivity index (χ1n) is 7.65. The first kappa shape index (κ1) is 20.6. The lowest BCUT2D eigenvalue weighted by molar-refractivity contribution is -0.138. The van der Waals surface area contributed by atoms with Gasteiger partial charge in [0, 0.05) is 20.1 Å². The zero-order valence-electron chi connectivity index (χ0n) is 14.4. The van der Waals surface area contributed by atoms with Gasteiger partial charge in [-0.15, -0.1) is 0 Å². The van der Waals surface area contributed by atoms with Gasteiger partial charge in [0.15, 0.2) is 6.10 Å². The van der Waals surface area contributed by atoms with Crippen molar-refractivity contribution in [2.24, 2.45) is 0 Å². The minimum absolute atomic E-state index is 0.0336. The molecule has 0 spiro atoms. The summed E-state index contributed by atoms with van der Waals surface area (Å²) in [4.78, 5) is 25.4. The van der Waals surface area contributed by atoms with Crippen LogP contribution in [0.4, 0.5) is 0 Å². The lowest BCUT2D eigenvalue weighted by atomic mass is 10.2. The standard InChI is InChI=1S/C16H21N3O5S/c1-4-18-25(22,23)14-8-6-13(7-9-14)16(21)24-12(2)15(20)19(3)11-5-10-17/h6-9,12,18H,4-5,11H2,1-3H3/t12-/m0/s1. The minimum Gasteiger partial charge on any atom is -0.449 e. The Labute approximate surface area is 147 Å². The molecule has 0 aliphatic carbocycles. The fourth-order valence-electron chi connectivity index (χ4n) is 1.96. The number of nitrogens with one attached hydrogen (secondary N) is 1. The maximum Gasteiger partial charge on any atom is 0.338 e. The molecule has 136 valence electrons. The van der Waals surface area contributed by atoms with E-state index in [-0.39, 0.29) is 30.0 Å². The first-order valence-corrected chi connectivity index (χ1v) is 9.14. The fourth-order valence-corrected chi connectivity index (χ4v) is 3.00. The zero-order valence-corrected chi connectivity index (χ0v) is 15.2. The molecular formula is C16H21N3O5S. The number of likely N-dealkylation sites (N-methyl/N-ethyl adjacent to an activating group) is 1. The molecular weight excluding hydrogens is 346 g/mol. The zero-order chi connectivity index (χ0) is 19.0. The average molecular weight is 367 g/mol. The Balaban J connectivity index is 2.75. The summed E-state index contributed by atoms with van der Waals surface area (Å²) in [5.41, 5.74) is 0.134. The molecule has 25 heavy (non-hydrogen) atoms. The molecule has 0 aliphatic rings. The van der Waals surface area contributed by atoms with Crippen LogP contribution < -0.4 is 4.72 Å². The smallest absolute Gasteiger partial charge is 0.338 e. The van der Waals surface area contributed by atoms with E-state index in [0.29, 0.717) is 0 Å². The Bertz CT molecular complexity index is 753. The van der Waals surface area contributed by atoms with Crippen molar-refractivity contribution in [2.45, 2.75) is 31.3 Å². The highest BCUT2D eigenvalue weighted by Gasteiger charge is 2.22. The van der Waals surface area contributed by atoms with Crippen LogP contribution in [0, 0.1) is 11.3 Å². The molecule has 0 aliphatic heterocycles. The monoisotopic (exact) mass is 367 g/mol. The van der Waals surface area contributed by atoms with Crippen LogP contribution in [-0.2, 0) is 19.6 Å². The van der Waals surface area contributed by atoms with Crippen molar-refractivity contribution in [1.82, 2.24) is 9.62 Å². The van der Waals surface area contributed by atoms with Crippen molar-refractivity contribution in [2.75, 3.05) is 20.1 Å². The van der Waals surface area contributed by atoms with E-state index in [1.54, 1.807) is 6.92 Å². The number of esters is 1. The van der Waals surface area contributed by atoms with Crippen molar-refractivity contribution in [1.29, 1.82) is 5.26 Å². The highest BCUT2D eigenvalue weighted by atomic mass is 32.2. The second-order valence-electron chi connectivity index (χ2n) is 5.24. The molecule has 9 heteroatoms. The maximum atomic E-state index is 12.1. The molecule has 0 bridgehead atoms. The van der Waals surface area contributed by atoms with Crippen LogP contribution in [0.15, 0.2) is 29.2 Å². The Morgan fingerprint density at radius 2 is 1.92 bits per heavy atom. The predicted octanol–water partition coefficient (Wildman–Crippen LogP) is 0.902. The number of benzene rings is 1. The van der Waals surface area contributed by atoms with Crippen molar-refractivity contribution in [3.63, 3.8) is 0 Å². The number of ether oxygens (including phenoxy) is 1. The van der Waals surface area contributed by atoms with Gasteiger partial charge >= 0.3 is 5.97 Å². The van der Waals surface area contributed by atoms with E-state index in [0.717, 1.165) is 0 Å². The Morgan fingerprint density at radius 1 is 1.32 bits per heavy atom. The number of amides is 1. The van der Waals surface area contributed by atoms with Crippen molar-refractivity contribution in [3.05, 3.63) is 29.8 Å². The van der Waals surface area contributed by atoms with Gasteiger partial charge in [0.1, 0.15) is 0 Å². The maximum absolute atomic E-state index is 12.1. The van der Waals surface area contributed by atoms with Gasteiger partial charge < -0.3 is 9.64 Å². The normalized spacial score (nSPS) is 12.1. The summed E-state index contributed by atoms with van der Waals surface area (Å²) in [5.74, 6) is -1.16. The van der Waals surface area contributed by atoms with Gasteiger partial charge in [0.25, 0.3) is 5.91 Å². The summed E-state index contributed by atoms with van der Waals surface area (Å²) in [5, 5.41) is 8.52. The summed E-state index contributed by atoms with van der Waals surface area (Å²) >= 11 is 0. The number of rotatable bonds is 8. The molecule has 1 aromatic carbocycles. The highest BCUT2D eigenvalue weighted by molar-refractivity contribution is 7.89. The topological polar surface area (TPSA) is 117 Å². The molecule has 0 saturated heterocycles. The number of carbonyl (C=O) groups excluding carboxylic acids is 2. The van der Waals surface area contributed by atoms with Gasteiger partial charge in [-0.05, 0) is 31.2 Å². The van der Waals surface area contributed by atoms with E-state index < -0.39 is 28.0 Å². The lowest BCUT2D eigenvalue weighted by Gasteiger charge is -2.20. The molecule has 8 nitrogen and oxygen atoms in total. The largest absolute Gasteiger partial charge is 0.449 e. The summed E-state index contributed by atoms with van der Waals surface area (Å²) in [7, 11) is -2.08. The second-order valence-corrected chi connectivity index (χ2v) is 7.01. The van der Waals surface area contributed by atoms with Gasteiger partial charge in [-0.2, -0.15) is 5.26 Å². The van der Waals surface area contributed by atoms with E-state index >= 15 is 0 Å². The quantitative estimate of drug-likeness (QED) is 0.682. The van der Waals surface area contributed by atoms with E-state index in [1.807, 2.05) is 6.07 Å². The van der Waals surface area contributed by atoms with Crippen molar-refractivity contribution >= 4 is 21.9 Å². The number of sulfonamides is 1. The molecule has 0 saturated carbocycles. The number of hydrogen-bond acceptors (Lipinski definition) is 6. The number of nitrogens with zero attached hydrogens (tertiary/aromatic N) is 2. The van der Waals surface area contributed by atoms with Gasteiger partial charge in [0.2, 0.25) is 10.0 Å².